The van der Waals surface area contributed by atoms with Crippen LogP contribution in [0.15, 0.2) is 30.3 Å². The van der Waals surface area contributed by atoms with Gasteiger partial charge in [0.2, 0.25) is 5.91 Å². The summed E-state index contributed by atoms with van der Waals surface area (Å²) in [7, 11) is 0. The minimum absolute atomic E-state index is 0.0808. The third-order valence-corrected chi connectivity index (χ3v) is 6.06. The molecule has 1 aromatic rings. The molecule has 0 saturated carbocycles. The van der Waals surface area contributed by atoms with Gasteiger partial charge in [-0.05, 0) is 24.3 Å². The van der Waals surface area contributed by atoms with Crippen LogP contribution in [0.3, 0.4) is 0 Å². The predicted octanol–water partition coefficient (Wildman–Crippen LogP) is 0.991. The van der Waals surface area contributed by atoms with Crippen LogP contribution in [0, 0.1) is 5.92 Å². The average molecular weight is 358 g/mol. The molecule has 0 bridgehead atoms. The van der Waals surface area contributed by atoms with Gasteiger partial charge in [0.1, 0.15) is 6.29 Å². The number of carbonyl (C=O) groups excluding carboxylic acids is 1. The number of likely N-dealkylation sites (tertiary alicyclic amines) is 1. The average Bonchev–Trinajstić information content (AvgIpc) is 3.03. The van der Waals surface area contributed by atoms with E-state index in [0.29, 0.717) is 18.4 Å². The SMILES string of the molecule is C[C@H]1CCN(C2NC(=O)CC(N3CCOCC3)N2)[C@H]1Cc1ccccc1. The van der Waals surface area contributed by atoms with Crippen molar-refractivity contribution in [2.75, 3.05) is 32.8 Å². The van der Waals surface area contributed by atoms with Gasteiger partial charge in [-0.15, -0.1) is 0 Å². The predicted molar refractivity (Wildman–Crippen MR) is 100 cm³/mol. The van der Waals surface area contributed by atoms with E-state index in [1.165, 1.54) is 12.0 Å². The Balaban J connectivity index is 1.46. The van der Waals surface area contributed by atoms with Crippen molar-refractivity contribution in [1.29, 1.82) is 0 Å². The summed E-state index contributed by atoms with van der Waals surface area (Å²) in [6, 6.07) is 11.1. The molecule has 3 heterocycles. The van der Waals surface area contributed by atoms with Crippen LogP contribution in [0.4, 0.5) is 0 Å². The molecular formula is C20H30N4O2. The van der Waals surface area contributed by atoms with Gasteiger partial charge < -0.3 is 10.1 Å². The number of ether oxygens (including phenoxy) is 1. The zero-order chi connectivity index (χ0) is 17.9. The van der Waals surface area contributed by atoms with E-state index < -0.39 is 0 Å². The molecule has 3 saturated heterocycles. The Morgan fingerprint density at radius 1 is 1.15 bits per heavy atom. The highest BCUT2D eigenvalue weighted by Crippen LogP contribution is 2.28. The number of rotatable bonds is 4. The zero-order valence-corrected chi connectivity index (χ0v) is 15.6. The van der Waals surface area contributed by atoms with Crippen molar-refractivity contribution >= 4 is 5.91 Å². The van der Waals surface area contributed by atoms with Gasteiger partial charge in [0, 0.05) is 25.7 Å². The van der Waals surface area contributed by atoms with Crippen molar-refractivity contribution in [3.8, 4) is 0 Å². The maximum Gasteiger partial charge on any atom is 0.225 e. The molecule has 0 spiro atoms. The van der Waals surface area contributed by atoms with Crippen LogP contribution >= 0.6 is 0 Å². The van der Waals surface area contributed by atoms with Gasteiger partial charge >= 0.3 is 0 Å². The van der Waals surface area contributed by atoms with Crippen LogP contribution < -0.4 is 10.6 Å². The molecule has 142 valence electrons. The van der Waals surface area contributed by atoms with E-state index in [-0.39, 0.29) is 18.4 Å². The second-order valence-corrected chi connectivity index (χ2v) is 7.77. The molecule has 3 aliphatic heterocycles. The van der Waals surface area contributed by atoms with Crippen molar-refractivity contribution in [1.82, 2.24) is 20.4 Å². The number of morpholine rings is 1. The summed E-state index contributed by atoms with van der Waals surface area (Å²) < 4.78 is 5.46. The lowest BCUT2D eigenvalue weighted by molar-refractivity contribution is -0.131. The Morgan fingerprint density at radius 3 is 2.69 bits per heavy atom. The summed E-state index contributed by atoms with van der Waals surface area (Å²) in [6.45, 7) is 6.64. The van der Waals surface area contributed by atoms with E-state index in [1.54, 1.807) is 0 Å². The van der Waals surface area contributed by atoms with Crippen LogP contribution in [-0.4, -0.2) is 67.1 Å². The monoisotopic (exact) mass is 358 g/mol. The van der Waals surface area contributed by atoms with E-state index in [1.807, 2.05) is 0 Å². The third-order valence-electron chi connectivity index (χ3n) is 6.06. The molecule has 2 N–H and O–H groups in total. The van der Waals surface area contributed by atoms with Crippen molar-refractivity contribution in [2.24, 2.45) is 5.92 Å². The Kier molecular flexibility index (Phi) is 5.55. The summed E-state index contributed by atoms with van der Waals surface area (Å²) in [5, 5.41) is 6.88. The van der Waals surface area contributed by atoms with Gasteiger partial charge in [0.15, 0.2) is 0 Å². The van der Waals surface area contributed by atoms with Gasteiger partial charge in [-0.2, -0.15) is 0 Å². The molecule has 3 fully saturated rings. The maximum absolute atomic E-state index is 12.4. The largest absolute Gasteiger partial charge is 0.379 e. The molecule has 26 heavy (non-hydrogen) atoms. The van der Waals surface area contributed by atoms with Crippen LogP contribution in [0.25, 0.3) is 0 Å². The lowest BCUT2D eigenvalue weighted by Gasteiger charge is -2.44. The fourth-order valence-corrected chi connectivity index (χ4v) is 4.50. The molecule has 4 rings (SSSR count). The number of nitrogens with zero attached hydrogens (tertiary/aromatic N) is 2. The van der Waals surface area contributed by atoms with E-state index in [9.17, 15) is 4.79 Å². The number of amides is 1. The first kappa shape index (κ1) is 17.9. The molecule has 6 nitrogen and oxygen atoms in total. The molecule has 4 atom stereocenters. The third kappa shape index (κ3) is 3.93. The van der Waals surface area contributed by atoms with Crippen LogP contribution in [0.1, 0.15) is 25.3 Å². The van der Waals surface area contributed by atoms with Gasteiger partial charge in [-0.25, -0.2) is 0 Å². The van der Waals surface area contributed by atoms with E-state index in [4.69, 9.17) is 4.74 Å². The van der Waals surface area contributed by atoms with Crippen molar-refractivity contribution in [3.05, 3.63) is 35.9 Å². The van der Waals surface area contributed by atoms with Gasteiger partial charge in [-0.1, -0.05) is 37.3 Å². The molecule has 1 aromatic carbocycles. The minimum Gasteiger partial charge on any atom is -0.379 e. The standard InChI is InChI=1S/C20H30N4O2/c1-15-7-8-24(17(15)13-16-5-3-2-4-6-16)20-21-18(14-19(25)22-20)23-9-11-26-12-10-23/h2-6,15,17-18,20-21H,7-14H2,1H3,(H,22,25)/t15-,17-,18?,20?/m0/s1. The van der Waals surface area contributed by atoms with Crippen molar-refractivity contribution in [2.45, 2.75) is 44.7 Å². The number of nitrogens with one attached hydrogen (secondary N) is 2. The summed E-state index contributed by atoms with van der Waals surface area (Å²) >= 11 is 0. The summed E-state index contributed by atoms with van der Waals surface area (Å²) in [5.41, 5.74) is 1.36. The second-order valence-electron chi connectivity index (χ2n) is 7.77. The summed E-state index contributed by atoms with van der Waals surface area (Å²) in [5.74, 6) is 0.765. The molecule has 2 unspecified atom stereocenters. The highest BCUT2D eigenvalue weighted by molar-refractivity contribution is 5.77. The Hall–Kier alpha value is -1.47. The van der Waals surface area contributed by atoms with Gasteiger partial charge in [0.25, 0.3) is 0 Å². The Morgan fingerprint density at radius 2 is 1.92 bits per heavy atom. The van der Waals surface area contributed by atoms with E-state index >= 15 is 0 Å². The molecule has 3 aliphatic rings. The smallest absolute Gasteiger partial charge is 0.225 e. The second kappa shape index (κ2) is 8.05. The van der Waals surface area contributed by atoms with Crippen LogP contribution in [0.5, 0.6) is 0 Å². The number of benzene rings is 1. The first-order valence-corrected chi connectivity index (χ1v) is 9.87. The molecule has 6 heteroatoms. The van der Waals surface area contributed by atoms with Gasteiger partial charge in [0.05, 0.1) is 25.8 Å². The van der Waals surface area contributed by atoms with Gasteiger partial charge in [-0.3, -0.25) is 19.9 Å². The fourth-order valence-electron chi connectivity index (χ4n) is 4.50. The van der Waals surface area contributed by atoms with Crippen LogP contribution in [0.2, 0.25) is 0 Å². The molecule has 1 amide bonds. The lowest BCUT2D eigenvalue weighted by Crippen LogP contribution is -2.69. The first-order chi connectivity index (χ1) is 12.7. The minimum atomic E-state index is -0.0808. The topological polar surface area (TPSA) is 56.8 Å². The van der Waals surface area contributed by atoms with E-state index in [0.717, 1.165) is 39.3 Å². The molecule has 0 radical (unpaired) electrons. The highest BCUT2D eigenvalue weighted by Gasteiger charge is 2.40. The van der Waals surface area contributed by atoms with E-state index in [2.05, 4.69) is 57.7 Å². The van der Waals surface area contributed by atoms with Crippen molar-refractivity contribution in [3.63, 3.8) is 0 Å². The summed E-state index contributed by atoms with van der Waals surface area (Å²) in [6.07, 6.45) is 2.74. The van der Waals surface area contributed by atoms with Crippen molar-refractivity contribution < 1.29 is 9.53 Å². The number of hydrogen-bond donors (Lipinski definition) is 2. The number of hydrogen-bond acceptors (Lipinski definition) is 5. The molecule has 0 aliphatic carbocycles. The summed E-state index contributed by atoms with van der Waals surface area (Å²) in [4.78, 5) is 17.2. The quantitative estimate of drug-likeness (QED) is 0.841. The fraction of sp³-hybridized carbons (Fsp3) is 0.650. The molecular weight excluding hydrogens is 328 g/mol. The lowest BCUT2D eigenvalue weighted by atomic mass is 9.96. The first-order valence-electron chi connectivity index (χ1n) is 9.87. The zero-order valence-electron chi connectivity index (χ0n) is 15.6. The maximum atomic E-state index is 12.4. The van der Waals surface area contributed by atoms with Crippen LogP contribution in [-0.2, 0) is 16.0 Å². The normalized spacial score (nSPS) is 34.0. The number of carbonyl (C=O) groups is 1. The Labute approximate surface area is 155 Å². The molecule has 0 aromatic heterocycles. The Bertz CT molecular complexity index is 605. The highest BCUT2D eigenvalue weighted by atomic mass is 16.5.